The Bertz CT molecular complexity index is 617. The van der Waals surface area contributed by atoms with Gasteiger partial charge in [-0.3, -0.25) is 0 Å². The predicted octanol–water partition coefficient (Wildman–Crippen LogP) is 4.10. The molecule has 19 heavy (non-hydrogen) atoms. The predicted molar refractivity (Wildman–Crippen MR) is 77.4 cm³/mol. The molecule has 2 nitrogen and oxygen atoms in total. The molecule has 0 bridgehead atoms. The first-order chi connectivity index (χ1) is 9.10. The molecule has 2 rings (SSSR count). The second kappa shape index (κ2) is 5.85. The van der Waals surface area contributed by atoms with E-state index < -0.39 is 5.82 Å². The molecule has 4 heteroatoms. The molecule has 0 spiro atoms. The van der Waals surface area contributed by atoms with Crippen LogP contribution in [0.15, 0.2) is 46.9 Å². The summed E-state index contributed by atoms with van der Waals surface area (Å²) in [6.45, 7) is 0.660. The van der Waals surface area contributed by atoms with Gasteiger partial charge < -0.3 is 4.90 Å². The van der Waals surface area contributed by atoms with E-state index in [1.165, 1.54) is 12.1 Å². The van der Waals surface area contributed by atoms with Crippen molar-refractivity contribution in [3.05, 3.63) is 63.9 Å². The SMILES string of the molecule is CN(Cc1ccc(Br)cc1)c1ccc(F)cc1C#N. The molecule has 0 atom stereocenters. The van der Waals surface area contributed by atoms with E-state index in [2.05, 4.69) is 15.9 Å². The van der Waals surface area contributed by atoms with Gasteiger partial charge in [-0.2, -0.15) is 5.26 Å². The fraction of sp³-hybridized carbons (Fsp3) is 0.133. The third kappa shape index (κ3) is 3.33. The summed E-state index contributed by atoms with van der Waals surface area (Å²) >= 11 is 3.39. The molecule has 0 aliphatic carbocycles. The Morgan fingerprint density at radius 3 is 2.53 bits per heavy atom. The molecule has 0 aliphatic heterocycles. The van der Waals surface area contributed by atoms with Crippen LogP contribution in [-0.2, 0) is 6.54 Å². The van der Waals surface area contributed by atoms with Crippen LogP contribution in [0.3, 0.4) is 0 Å². The van der Waals surface area contributed by atoms with Gasteiger partial charge in [0.05, 0.1) is 11.3 Å². The fourth-order valence-corrected chi connectivity index (χ4v) is 2.14. The van der Waals surface area contributed by atoms with Gasteiger partial charge in [-0.15, -0.1) is 0 Å². The number of rotatable bonds is 3. The Morgan fingerprint density at radius 1 is 1.21 bits per heavy atom. The first kappa shape index (κ1) is 13.6. The molecule has 2 aromatic rings. The molecule has 0 N–H and O–H groups in total. The molecule has 2 aromatic carbocycles. The molecule has 0 radical (unpaired) electrons. The summed E-state index contributed by atoms with van der Waals surface area (Å²) in [7, 11) is 1.89. The van der Waals surface area contributed by atoms with E-state index in [4.69, 9.17) is 5.26 Å². The lowest BCUT2D eigenvalue weighted by Gasteiger charge is -2.20. The summed E-state index contributed by atoms with van der Waals surface area (Å²) in [5.74, 6) is -0.391. The largest absolute Gasteiger partial charge is 0.369 e. The van der Waals surface area contributed by atoms with Gasteiger partial charge in [0.2, 0.25) is 0 Å². The third-order valence-electron chi connectivity index (χ3n) is 2.82. The second-order valence-corrected chi connectivity index (χ2v) is 5.17. The number of hydrogen-bond donors (Lipinski definition) is 0. The first-order valence-corrected chi connectivity index (χ1v) is 6.54. The summed E-state index contributed by atoms with van der Waals surface area (Å²) in [5.41, 5.74) is 2.20. The van der Waals surface area contributed by atoms with Crippen LogP contribution >= 0.6 is 15.9 Å². The van der Waals surface area contributed by atoms with Crippen LogP contribution in [0.5, 0.6) is 0 Å². The van der Waals surface area contributed by atoms with Crippen molar-refractivity contribution in [2.45, 2.75) is 6.54 Å². The Morgan fingerprint density at radius 2 is 1.89 bits per heavy atom. The summed E-state index contributed by atoms with van der Waals surface area (Å²) in [5, 5.41) is 9.04. The smallest absolute Gasteiger partial charge is 0.124 e. The highest BCUT2D eigenvalue weighted by Gasteiger charge is 2.09. The lowest BCUT2D eigenvalue weighted by molar-refractivity contribution is 0.627. The van der Waals surface area contributed by atoms with E-state index >= 15 is 0 Å². The number of benzene rings is 2. The molecular formula is C15H12BrFN2. The molecule has 0 amide bonds. The molecule has 0 saturated carbocycles. The maximum absolute atomic E-state index is 13.1. The van der Waals surface area contributed by atoms with E-state index in [0.29, 0.717) is 12.1 Å². The maximum Gasteiger partial charge on any atom is 0.124 e. The van der Waals surface area contributed by atoms with Gasteiger partial charge in [0.1, 0.15) is 11.9 Å². The lowest BCUT2D eigenvalue weighted by atomic mass is 10.1. The minimum absolute atomic E-state index is 0.347. The number of nitrogens with zero attached hydrogens (tertiary/aromatic N) is 2. The third-order valence-corrected chi connectivity index (χ3v) is 3.35. The standard InChI is InChI=1S/C15H12BrFN2/c1-19(10-11-2-4-13(16)5-3-11)15-7-6-14(17)8-12(15)9-18/h2-8H,10H2,1H3. The number of nitriles is 1. The normalized spacial score (nSPS) is 10.0. The minimum Gasteiger partial charge on any atom is -0.369 e. The average molecular weight is 319 g/mol. The monoisotopic (exact) mass is 318 g/mol. The maximum atomic E-state index is 13.1. The van der Waals surface area contributed by atoms with Crippen molar-refractivity contribution < 1.29 is 4.39 Å². The molecule has 96 valence electrons. The van der Waals surface area contributed by atoms with Gasteiger partial charge in [-0.25, -0.2) is 4.39 Å². The van der Waals surface area contributed by atoms with Gasteiger partial charge in [0.15, 0.2) is 0 Å². The van der Waals surface area contributed by atoms with E-state index in [0.717, 1.165) is 15.7 Å². The van der Waals surface area contributed by atoms with Crippen molar-refractivity contribution in [2.75, 3.05) is 11.9 Å². The lowest BCUT2D eigenvalue weighted by Crippen LogP contribution is -2.17. The fourth-order valence-electron chi connectivity index (χ4n) is 1.88. The van der Waals surface area contributed by atoms with Crippen LogP contribution in [0, 0.1) is 17.1 Å². The van der Waals surface area contributed by atoms with Crippen molar-refractivity contribution in [2.24, 2.45) is 0 Å². The summed E-state index contributed by atoms with van der Waals surface area (Å²) in [6.07, 6.45) is 0. The van der Waals surface area contributed by atoms with E-state index in [1.807, 2.05) is 42.3 Å². The highest BCUT2D eigenvalue weighted by molar-refractivity contribution is 9.10. The van der Waals surface area contributed by atoms with Crippen molar-refractivity contribution in [3.8, 4) is 6.07 Å². The summed E-state index contributed by atoms with van der Waals surface area (Å²) in [4.78, 5) is 1.93. The number of halogens is 2. The van der Waals surface area contributed by atoms with Crippen molar-refractivity contribution in [1.82, 2.24) is 0 Å². The van der Waals surface area contributed by atoms with Crippen molar-refractivity contribution in [1.29, 1.82) is 5.26 Å². The zero-order chi connectivity index (χ0) is 13.8. The van der Waals surface area contributed by atoms with Crippen LogP contribution < -0.4 is 4.90 Å². The van der Waals surface area contributed by atoms with E-state index in [-0.39, 0.29) is 0 Å². The number of hydrogen-bond acceptors (Lipinski definition) is 2. The zero-order valence-electron chi connectivity index (χ0n) is 10.4. The number of anilines is 1. The Balaban J connectivity index is 2.23. The van der Waals surface area contributed by atoms with Gasteiger partial charge in [-0.05, 0) is 35.9 Å². The topological polar surface area (TPSA) is 27.0 Å². The molecule has 0 heterocycles. The van der Waals surface area contributed by atoms with Gasteiger partial charge in [0, 0.05) is 18.1 Å². The molecule has 0 saturated heterocycles. The van der Waals surface area contributed by atoms with E-state index in [9.17, 15) is 4.39 Å². The van der Waals surface area contributed by atoms with Crippen LogP contribution in [0.25, 0.3) is 0 Å². The van der Waals surface area contributed by atoms with Gasteiger partial charge in [0.25, 0.3) is 0 Å². The van der Waals surface area contributed by atoms with Gasteiger partial charge in [-0.1, -0.05) is 28.1 Å². The second-order valence-electron chi connectivity index (χ2n) is 4.26. The average Bonchev–Trinajstić information content (AvgIpc) is 2.41. The van der Waals surface area contributed by atoms with Crippen LogP contribution in [0.1, 0.15) is 11.1 Å². The molecule has 0 fully saturated rings. The molecule has 0 unspecified atom stereocenters. The van der Waals surface area contributed by atoms with Crippen molar-refractivity contribution >= 4 is 21.6 Å². The quantitative estimate of drug-likeness (QED) is 0.852. The highest BCUT2D eigenvalue weighted by atomic mass is 79.9. The molecule has 0 aromatic heterocycles. The first-order valence-electron chi connectivity index (χ1n) is 5.75. The minimum atomic E-state index is -0.391. The van der Waals surface area contributed by atoms with Crippen LogP contribution in [0.2, 0.25) is 0 Å². The Kier molecular flexibility index (Phi) is 4.18. The molecule has 0 aliphatic rings. The van der Waals surface area contributed by atoms with Crippen LogP contribution in [0.4, 0.5) is 10.1 Å². The van der Waals surface area contributed by atoms with Gasteiger partial charge >= 0.3 is 0 Å². The van der Waals surface area contributed by atoms with Crippen molar-refractivity contribution in [3.63, 3.8) is 0 Å². The zero-order valence-corrected chi connectivity index (χ0v) is 12.0. The Labute approximate surface area is 120 Å². The Hall–Kier alpha value is -1.86. The summed E-state index contributed by atoms with van der Waals surface area (Å²) in [6, 6.07) is 14.2. The molecular weight excluding hydrogens is 307 g/mol. The summed E-state index contributed by atoms with van der Waals surface area (Å²) < 4.78 is 14.1. The van der Waals surface area contributed by atoms with Crippen LogP contribution in [-0.4, -0.2) is 7.05 Å². The highest BCUT2D eigenvalue weighted by Crippen LogP contribution is 2.22. The van der Waals surface area contributed by atoms with E-state index in [1.54, 1.807) is 6.07 Å².